The molecule has 0 amide bonds. The van der Waals surface area contributed by atoms with Gasteiger partial charge in [0.25, 0.3) is 5.56 Å². The summed E-state index contributed by atoms with van der Waals surface area (Å²) in [5, 5.41) is 38.5. The van der Waals surface area contributed by atoms with Gasteiger partial charge >= 0.3 is 0 Å². The predicted octanol–water partition coefficient (Wildman–Crippen LogP) is -0.133. The maximum absolute atomic E-state index is 13.0. The molecule has 1 aromatic heterocycles. The summed E-state index contributed by atoms with van der Waals surface area (Å²) in [6.07, 6.45) is -0.529. The van der Waals surface area contributed by atoms with Crippen molar-refractivity contribution in [1.29, 1.82) is 0 Å². The summed E-state index contributed by atoms with van der Waals surface area (Å²) in [5.41, 5.74) is 3.21. The molecular weight excluding hydrogens is 370 g/mol. The number of aliphatic hydroxyl groups excluding tert-OH is 1. The van der Waals surface area contributed by atoms with Gasteiger partial charge in [0.1, 0.15) is 0 Å². The van der Waals surface area contributed by atoms with Crippen molar-refractivity contribution in [2.24, 2.45) is 13.0 Å². The van der Waals surface area contributed by atoms with Crippen molar-refractivity contribution in [3.63, 3.8) is 0 Å². The molecule has 2 heterocycles. The van der Waals surface area contributed by atoms with Crippen molar-refractivity contribution in [3.05, 3.63) is 63.2 Å². The van der Waals surface area contributed by atoms with Crippen molar-refractivity contribution in [2.45, 2.75) is 44.3 Å². The Balaban J connectivity index is 1.70. The Morgan fingerprint density at radius 2 is 1.90 bits per heavy atom. The van der Waals surface area contributed by atoms with Crippen LogP contribution in [0, 0.1) is 12.8 Å². The number of anilines is 1. The zero-order chi connectivity index (χ0) is 21.1. The van der Waals surface area contributed by atoms with Crippen LogP contribution in [0.25, 0.3) is 0 Å². The van der Waals surface area contributed by atoms with Gasteiger partial charge in [0.2, 0.25) is 0 Å². The summed E-state index contributed by atoms with van der Waals surface area (Å²) < 4.78 is 1.32. The molecule has 1 aromatic carbocycles. The second-order valence-electron chi connectivity index (χ2n) is 8.62. The van der Waals surface area contributed by atoms with Crippen LogP contribution in [-0.2, 0) is 12.5 Å². The van der Waals surface area contributed by atoms with Crippen LogP contribution in [0.1, 0.15) is 36.6 Å². The van der Waals surface area contributed by atoms with Crippen LogP contribution in [0.15, 0.2) is 40.8 Å². The molecule has 29 heavy (non-hydrogen) atoms. The second kappa shape index (κ2) is 6.86. The number of aromatic nitrogens is 2. The first-order valence-corrected chi connectivity index (χ1v) is 9.97. The van der Waals surface area contributed by atoms with Crippen molar-refractivity contribution in [3.8, 4) is 0 Å². The monoisotopic (exact) mass is 397 g/mol. The lowest BCUT2D eigenvalue weighted by atomic mass is 9.65. The average Bonchev–Trinajstić information content (AvgIpc) is 3.05. The van der Waals surface area contributed by atoms with Gasteiger partial charge in [-0.3, -0.25) is 14.6 Å². The summed E-state index contributed by atoms with van der Waals surface area (Å²) in [7, 11) is 1.58. The zero-order valence-electron chi connectivity index (χ0n) is 17.2. The van der Waals surface area contributed by atoms with E-state index in [1.807, 2.05) is 29.2 Å². The highest BCUT2D eigenvalue weighted by atomic mass is 16.3. The van der Waals surface area contributed by atoms with Crippen molar-refractivity contribution in [2.75, 3.05) is 18.1 Å². The summed E-state index contributed by atoms with van der Waals surface area (Å²) in [6, 6.07) is 7.95. The number of hydrogen-bond donors (Lipinski definition) is 2. The molecule has 2 unspecified atom stereocenters. The minimum absolute atomic E-state index is 0.0325. The third-order valence-electron chi connectivity index (χ3n) is 6.55. The normalized spacial score (nSPS) is 29.2. The number of aliphatic hydroxyl groups is 1. The van der Waals surface area contributed by atoms with Crippen LogP contribution in [0.3, 0.4) is 0 Å². The van der Waals surface area contributed by atoms with Gasteiger partial charge in [0.15, 0.2) is 0 Å². The van der Waals surface area contributed by atoms with Crippen molar-refractivity contribution < 1.29 is 15.3 Å². The molecule has 4 rings (SSSR count). The second-order valence-corrected chi connectivity index (χ2v) is 8.62. The van der Waals surface area contributed by atoms with E-state index < -0.39 is 24.0 Å². The Bertz CT molecular complexity index is 1010. The van der Waals surface area contributed by atoms with Gasteiger partial charge in [-0.2, -0.15) is 0 Å². The van der Waals surface area contributed by atoms with E-state index in [1.54, 1.807) is 20.0 Å². The van der Waals surface area contributed by atoms with Gasteiger partial charge in [0, 0.05) is 41.6 Å². The van der Waals surface area contributed by atoms with E-state index in [-0.39, 0.29) is 17.6 Å². The molecule has 0 spiro atoms. The van der Waals surface area contributed by atoms with E-state index in [0.717, 1.165) is 16.9 Å². The Hall–Kier alpha value is -2.35. The number of nitrogens with one attached hydrogen (secondary N) is 1. The third kappa shape index (κ3) is 2.79. The number of fused-ring (bicyclic) bond motifs is 1. The SMILES string of the molecule is Cc1[nH]n(C)c(=O)c1C1C([O-])C(C=C2N(CCO)c3ccccc3C2(C)C)C1[O-]. The topological polar surface area (TPSA) is 107 Å². The molecular formula is C22H27N3O4-2. The fourth-order valence-corrected chi connectivity index (χ4v) is 4.99. The lowest BCUT2D eigenvalue weighted by Gasteiger charge is -2.60. The predicted molar refractivity (Wildman–Crippen MR) is 107 cm³/mol. The number of nitrogens with zero attached hydrogens (tertiary/aromatic N) is 2. The Labute approximate surface area is 169 Å². The highest BCUT2D eigenvalue weighted by Gasteiger charge is 2.44. The number of β-amino-alcohol motifs (C(OH)–C–C–N with tert-alkyl or cyclic N) is 1. The largest absolute Gasteiger partial charge is 0.851 e. The van der Waals surface area contributed by atoms with Gasteiger partial charge in [-0.25, -0.2) is 0 Å². The number of aromatic amines is 1. The number of rotatable bonds is 4. The van der Waals surface area contributed by atoms with E-state index in [0.29, 0.717) is 17.8 Å². The lowest BCUT2D eigenvalue weighted by molar-refractivity contribution is -0.543. The van der Waals surface area contributed by atoms with E-state index in [2.05, 4.69) is 18.9 Å². The molecule has 0 bridgehead atoms. The van der Waals surface area contributed by atoms with E-state index in [4.69, 9.17) is 0 Å². The molecule has 2 aliphatic rings. The number of H-pyrrole nitrogens is 1. The van der Waals surface area contributed by atoms with Crippen LogP contribution >= 0.6 is 0 Å². The Kier molecular flexibility index (Phi) is 4.72. The molecule has 0 radical (unpaired) electrons. The molecule has 1 aliphatic heterocycles. The maximum atomic E-state index is 13.0. The Morgan fingerprint density at radius 3 is 2.48 bits per heavy atom. The molecule has 7 heteroatoms. The summed E-state index contributed by atoms with van der Waals surface area (Å²) in [5.74, 6) is -1.54. The zero-order valence-corrected chi connectivity index (χ0v) is 17.2. The highest BCUT2D eigenvalue weighted by Crippen LogP contribution is 2.49. The molecule has 156 valence electrons. The molecule has 0 saturated heterocycles. The number of aryl methyl sites for hydroxylation is 2. The molecule has 7 nitrogen and oxygen atoms in total. The van der Waals surface area contributed by atoms with E-state index in [1.165, 1.54) is 4.68 Å². The molecule has 1 fully saturated rings. The standard InChI is InChI=1S/C22H27N3O4/c1-12-17(21(29)24(4)23-12)18-19(27)13(20(18)28)11-16-22(2,3)14-7-5-6-8-15(14)25(16)9-10-26/h5-8,11,13,18-20,23,26H,9-10H2,1-4H3/q-2. The number of hydrogen-bond acceptors (Lipinski definition) is 5. The van der Waals surface area contributed by atoms with E-state index >= 15 is 0 Å². The van der Waals surface area contributed by atoms with Crippen LogP contribution in [-0.4, -0.2) is 40.2 Å². The third-order valence-corrected chi connectivity index (χ3v) is 6.55. The fourth-order valence-electron chi connectivity index (χ4n) is 4.99. The fraction of sp³-hybridized carbons (Fsp3) is 0.500. The van der Waals surface area contributed by atoms with Gasteiger partial charge in [0.05, 0.1) is 6.61 Å². The first-order valence-electron chi connectivity index (χ1n) is 9.97. The van der Waals surface area contributed by atoms with Gasteiger partial charge in [-0.15, -0.1) is 12.2 Å². The van der Waals surface area contributed by atoms with Crippen LogP contribution < -0.4 is 20.7 Å². The Morgan fingerprint density at radius 1 is 1.24 bits per heavy atom. The molecule has 1 aliphatic carbocycles. The van der Waals surface area contributed by atoms with Crippen molar-refractivity contribution in [1.82, 2.24) is 9.78 Å². The quantitative estimate of drug-likeness (QED) is 0.747. The summed E-state index contributed by atoms with van der Waals surface area (Å²) in [6.45, 7) is 6.22. The first-order chi connectivity index (χ1) is 13.7. The molecule has 2 atom stereocenters. The smallest absolute Gasteiger partial charge is 0.269 e. The first kappa shape index (κ1) is 19.9. The van der Waals surface area contributed by atoms with Gasteiger partial charge < -0.3 is 20.2 Å². The minimum Gasteiger partial charge on any atom is -0.851 e. The highest BCUT2D eigenvalue weighted by molar-refractivity contribution is 5.70. The maximum Gasteiger partial charge on any atom is 0.269 e. The van der Waals surface area contributed by atoms with Crippen LogP contribution in [0.5, 0.6) is 0 Å². The van der Waals surface area contributed by atoms with Gasteiger partial charge in [-0.05, 0) is 30.4 Å². The van der Waals surface area contributed by atoms with Crippen LogP contribution in [0.4, 0.5) is 5.69 Å². The number of benzene rings is 1. The summed E-state index contributed by atoms with van der Waals surface area (Å²) >= 11 is 0. The average molecular weight is 397 g/mol. The molecule has 1 saturated carbocycles. The lowest BCUT2D eigenvalue weighted by Crippen LogP contribution is -2.65. The van der Waals surface area contributed by atoms with Crippen LogP contribution in [0.2, 0.25) is 0 Å². The number of para-hydroxylation sites is 1. The van der Waals surface area contributed by atoms with Gasteiger partial charge in [-0.1, -0.05) is 38.1 Å². The molecule has 2 aromatic rings. The number of allylic oxidation sites excluding steroid dienone is 1. The molecule has 2 N–H and O–H groups in total. The minimum atomic E-state index is -1.16. The van der Waals surface area contributed by atoms with Crippen molar-refractivity contribution >= 4 is 5.69 Å². The summed E-state index contributed by atoms with van der Waals surface area (Å²) in [4.78, 5) is 14.4. The van der Waals surface area contributed by atoms with E-state index in [9.17, 15) is 20.1 Å².